The third-order valence-electron chi connectivity index (χ3n) is 6.93. The van der Waals surface area contributed by atoms with Gasteiger partial charge in [-0.2, -0.15) is 0 Å². The van der Waals surface area contributed by atoms with E-state index in [0.29, 0.717) is 11.1 Å². The number of hydrogen-bond acceptors (Lipinski definition) is 5. The van der Waals surface area contributed by atoms with Crippen molar-refractivity contribution in [2.45, 2.75) is 44.8 Å². The SMILES string of the molecule is CN1CCN(Cc2ccc(C#Cc3cnc(Cl)cc3NCC3CCC(C)(O)CC3)cc2)CC1. The minimum Gasteiger partial charge on any atom is -0.390 e. The van der Waals surface area contributed by atoms with Crippen molar-refractivity contribution in [1.82, 2.24) is 14.8 Å². The first-order valence-electron chi connectivity index (χ1n) is 12.0. The van der Waals surface area contributed by atoms with Crippen molar-refractivity contribution >= 4 is 17.3 Å². The van der Waals surface area contributed by atoms with Gasteiger partial charge in [0.15, 0.2) is 0 Å². The molecule has 2 fully saturated rings. The van der Waals surface area contributed by atoms with Gasteiger partial charge in [0, 0.05) is 51.0 Å². The summed E-state index contributed by atoms with van der Waals surface area (Å²) in [6.45, 7) is 8.30. The van der Waals surface area contributed by atoms with E-state index in [9.17, 15) is 5.11 Å². The van der Waals surface area contributed by atoms with E-state index in [2.05, 4.69) is 63.3 Å². The van der Waals surface area contributed by atoms with Crippen molar-refractivity contribution in [3.8, 4) is 11.8 Å². The summed E-state index contributed by atoms with van der Waals surface area (Å²) in [6, 6.07) is 10.4. The number of benzene rings is 1. The van der Waals surface area contributed by atoms with Gasteiger partial charge in [-0.25, -0.2) is 4.98 Å². The molecule has 4 rings (SSSR count). The first kappa shape index (κ1) is 24.0. The summed E-state index contributed by atoms with van der Waals surface area (Å²) in [4.78, 5) is 9.12. The molecule has 0 radical (unpaired) electrons. The van der Waals surface area contributed by atoms with Gasteiger partial charge in [0.05, 0.1) is 16.9 Å². The number of nitrogens with one attached hydrogen (secondary N) is 1. The second-order valence-electron chi connectivity index (χ2n) is 9.90. The Bertz CT molecular complexity index is 977. The van der Waals surface area contributed by atoms with Crippen LogP contribution < -0.4 is 5.32 Å². The van der Waals surface area contributed by atoms with Gasteiger partial charge in [-0.1, -0.05) is 35.6 Å². The standard InChI is InChI=1S/C27H35ClN4O/c1-27(33)11-9-22(10-12-27)18-29-25-17-26(28)30-19-24(25)8-7-21-3-5-23(6-4-21)20-32-15-13-31(2)14-16-32/h3-6,17,19,22,33H,9-16,18,20H2,1-2H3,(H,29,30). The molecule has 1 saturated heterocycles. The van der Waals surface area contributed by atoms with Crippen LogP contribution in [0.25, 0.3) is 0 Å². The molecule has 0 amide bonds. The lowest BCUT2D eigenvalue weighted by Gasteiger charge is -2.33. The number of piperazine rings is 1. The summed E-state index contributed by atoms with van der Waals surface area (Å²) in [5, 5.41) is 14.2. The maximum absolute atomic E-state index is 10.2. The third kappa shape index (κ3) is 7.19. The minimum absolute atomic E-state index is 0.461. The Hall–Kier alpha value is -2.10. The molecular formula is C27H35ClN4O. The number of pyridine rings is 1. The van der Waals surface area contributed by atoms with E-state index in [-0.39, 0.29) is 0 Å². The molecule has 33 heavy (non-hydrogen) atoms. The molecule has 1 saturated carbocycles. The minimum atomic E-state index is -0.507. The molecule has 1 aromatic carbocycles. The van der Waals surface area contributed by atoms with Crippen molar-refractivity contribution in [2.75, 3.05) is 45.1 Å². The zero-order chi connectivity index (χ0) is 23.3. The molecule has 2 aromatic rings. The molecule has 6 heteroatoms. The van der Waals surface area contributed by atoms with Gasteiger partial charge in [0.25, 0.3) is 0 Å². The van der Waals surface area contributed by atoms with Crippen LogP contribution in [0.5, 0.6) is 0 Å². The van der Waals surface area contributed by atoms with Crippen LogP contribution in [0.3, 0.4) is 0 Å². The van der Waals surface area contributed by atoms with Crippen LogP contribution in [0.1, 0.15) is 49.3 Å². The monoisotopic (exact) mass is 466 g/mol. The van der Waals surface area contributed by atoms with Crippen LogP contribution in [0.2, 0.25) is 5.15 Å². The van der Waals surface area contributed by atoms with E-state index >= 15 is 0 Å². The lowest BCUT2D eigenvalue weighted by Crippen LogP contribution is -2.43. The van der Waals surface area contributed by atoms with Crippen LogP contribution >= 0.6 is 11.6 Å². The highest BCUT2D eigenvalue weighted by atomic mass is 35.5. The average molecular weight is 467 g/mol. The lowest BCUT2D eigenvalue weighted by molar-refractivity contribution is 0.00977. The number of nitrogens with zero attached hydrogens (tertiary/aromatic N) is 3. The Kier molecular flexibility index (Phi) is 7.93. The van der Waals surface area contributed by atoms with Crippen LogP contribution in [0, 0.1) is 17.8 Å². The zero-order valence-electron chi connectivity index (χ0n) is 19.8. The van der Waals surface area contributed by atoms with Gasteiger partial charge in [-0.05, 0) is 69.3 Å². The molecule has 2 N–H and O–H groups in total. The first-order chi connectivity index (χ1) is 15.9. The quantitative estimate of drug-likeness (QED) is 0.510. The number of rotatable bonds is 5. The molecule has 5 nitrogen and oxygen atoms in total. The average Bonchev–Trinajstić information content (AvgIpc) is 2.80. The molecule has 1 aliphatic carbocycles. The Morgan fingerprint density at radius 3 is 2.52 bits per heavy atom. The molecule has 0 spiro atoms. The van der Waals surface area contributed by atoms with Crippen molar-refractivity contribution < 1.29 is 5.11 Å². The predicted molar refractivity (Wildman–Crippen MR) is 136 cm³/mol. The number of anilines is 1. The van der Waals surface area contributed by atoms with Gasteiger partial charge >= 0.3 is 0 Å². The van der Waals surface area contributed by atoms with E-state index in [1.165, 1.54) is 5.56 Å². The highest BCUT2D eigenvalue weighted by Crippen LogP contribution is 2.32. The molecule has 1 aliphatic heterocycles. The topological polar surface area (TPSA) is 51.6 Å². The number of hydrogen-bond donors (Lipinski definition) is 2. The summed E-state index contributed by atoms with van der Waals surface area (Å²) in [6.07, 6.45) is 5.51. The largest absolute Gasteiger partial charge is 0.390 e. The van der Waals surface area contributed by atoms with Gasteiger partial charge < -0.3 is 15.3 Å². The van der Waals surface area contributed by atoms with Crippen LogP contribution in [-0.2, 0) is 6.54 Å². The number of aromatic nitrogens is 1. The van der Waals surface area contributed by atoms with Crippen molar-refractivity contribution in [3.63, 3.8) is 0 Å². The zero-order valence-corrected chi connectivity index (χ0v) is 20.5. The highest BCUT2D eigenvalue weighted by molar-refractivity contribution is 6.29. The van der Waals surface area contributed by atoms with E-state index in [1.807, 2.05) is 13.0 Å². The van der Waals surface area contributed by atoms with Crippen LogP contribution in [0.15, 0.2) is 36.5 Å². The van der Waals surface area contributed by atoms with E-state index in [4.69, 9.17) is 11.6 Å². The van der Waals surface area contributed by atoms with Crippen molar-refractivity contribution in [3.05, 3.63) is 58.4 Å². The Morgan fingerprint density at radius 1 is 1.12 bits per heavy atom. The molecule has 2 aliphatic rings. The Morgan fingerprint density at radius 2 is 1.82 bits per heavy atom. The fourth-order valence-corrected chi connectivity index (χ4v) is 4.69. The normalized spacial score (nSPS) is 24.2. The number of aliphatic hydroxyl groups is 1. The second-order valence-corrected chi connectivity index (χ2v) is 10.3. The fourth-order valence-electron chi connectivity index (χ4n) is 4.53. The molecule has 0 unspecified atom stereocenters. The molecule has 2 heterocycles. The smallest absolute Gasteiger partial charge is 0.131 e. The van der Waals surface area contributed by atoms with Gasteiger partial charge in [0.2, 0.25) is 0 Å². The first-order valence-corrected chi connectivity index (χ1v) is 12.4. The van der Waals surface area contributed by atoms with Gasteiger partial charge in [0.1, 0.15) is 5.15 Å². The molecule has 0 bridgehead atoms. The molecular weight excluding hydrogens is 432 g/mol. The lowest BCUT2D eigenvalue weighted by atomic mass is 9.80. The maximum atomic E-state index is 10.2. The van der Waals surface area contributed by atoms with Crippen LogP contribution in [-0.4, -0.2) is 65.3 Å². The van der Waals surface area contributed by atoms with E-state index in [1.54, 1.807) is 6.20 Å². The fraction of sp³-hybridized carbons (Fsp3) is 0.519. The highest BCUT2D eigenvalue weighted by Gasteiger charge is 2.28. The summed E-state index contributed by atoms with van der Waals surface area (Å²) in [7, 11) is 2.18. The second kappa shape index (κ2) is 10.9. The Labute approximate surface area is 203 Å². The molecule has 176 valence electrons. The summed E-state index contributed by atoms with van der Waals surface area (Å²) in [5.74, 6) is 7.10. The number of halogens is 1. The van der Waals surface area contributed by atoms with E-state index < -0.39 is 5.60 Å². The van der Waals surface area contributed by atoms with Gasteiger partial charge in [-0.3, -0.25) is 4.90 Å². The van der Waals surface area contributed by atoms with Crippen LogP contribution in [0.4, 0.5) is 5.69 Å². The summed E-state index contributed by atoms with van der Waals surface area (Å²) >= 11 is 6.16. The number of likely N-dealkylation sites (N-methyl/N-ethyl adjacent to an activating group) is 1. The Balaban J connectivity index is 1.36. The maximum Gasteiger partial charge on any atom is 0.131 e. The van der Waals surface area contributed by atoms with Gasteiger partial charge in [-0.15, -0.1) is 0 Å². The third-order valence-corrected chi connectivity index (χ3v) is 7.14. The summed E-state index contributed by atoms with van der Waals surface area (Å²) in [5.41, 5.74) is 3.59. The van der Waals surface area contributed by atoms with E-state index in [0.717, 1.165) is 81.8 Å². The van der Waals surface area contributed by atoms with Crippen molar-refractivity contribution in [1.29, 1.82) is 0 Å². The molecule has 0 atom stereocenters. The van der Waals surface area contributed by atoms with Crippen molar-refractivity contribution in [2.24, 2.45) is 5.92 Å². The summed E-state index contributed by atoms with van der Waals surface area (Å²) < 4.78 is 0. The molecule has 1 aromatic heterocycles. The predicted octanol–water partition coefficient (Wildman–Crippen LogP) is 4.24.